The first-order valence-electron chi connectivity index (χ1n) is 10.8. The van der Waals surface area contributed by atoms with Gasteiger partial charge in [-0.2, -0.15) is 0 Å². The van der Waals surface area contributed by atoms with Crippen molar-refractivity contribution in [3.8, 4) is 0 Å². The molecule has 1 saturated carbocycles. The van der Waals surface area contributed by atoms with E-state index in [1.54, 1.807) is 0 Å². The number of ether oxygens (including phenoxy) is 1. The fourth-order valence-corrected chi connectivity index (χ4v) is 4.59. The number of aryl methyl sites for hydroxylation is 1. The van der Waals surface area contributed by atoms with Crippen LogP contribution < -0.4 is 5.63 Å². The predicted octanol–water partition coefficient (Wildman–Crippen LogP) is 6.12. The maximum absolute atomic E-state index is 12.7. The van der Waals surface area contributed by atoms with Crippen molar-refractivity contribution >= 4 is 16.9 Å². The second kappa shape index (κ2) is 8.33. The minimum atomic E-state index is -0.411. The Hall–Kier alpha value is -2.10. The number of benzene rings is 1. The quantitative estimate of drug-likeness (QED) is 0.460. The molecule has 1 fully saturated rings. The minimum Gasteiger partial charge on any atom is -0.461 e. The normalized spacial score (nSPS) is 20.2. The molecule has 1 aliphatic rings. The van der Waals surface area contributed by atoms with Crippen LogP contribution in [-0.2, 0) is 16.1 Å². The van der Waals surface area contributed by atoms with Gasteiger partial charge >= 0.3 is 11.6 Å². The van der Waals surface area contributed by atoms with E-state index in [9.17, 15) is 9.59 Å². The maximum Gasteiger partial charge on any atom is 0.336 e. The Labute approximate surface area is 173 Å². The summed E-state index contributed by atoms with van der Waals surface area (Å²) in [6, 6.07) is 5.42. The van der Waals surface area contributed by atoms with Gasteiger partial charge in [0.1, 0.15) is 12.2 Å². The fourth-order valence-electron chi connectivity index (χ4n) is 4.59. The fraction of sp³-hybridized carbons (Fsp3) is 0.600. The van der Waals surface area contributed by atoms with E-state index in [1.165, 1.54) is 11.6 Å². The average molecular weight is 399 g/mol. The monoisotopic (exact) mass is 398 g/mol. The molecule has 1 aromatic carbocycles. The van der Waals surface area contributed by atoms with Gasteiger partial charge in [-0.3, -0.25) is 4.79 Å². The first-order valence-corrected chi connectivity index (χ1v) is 10.8. The molecule has 1 heterocycles. The third-order valence-electron chi connectivity index (χ3n) is 6.49. The van der Waals surface area contributed by atoms with Crippen molar-refractivity contribution in [1.82, 2.24) is 0 Å². The predicted molar refractivity (Wildman–Crippen MR) is 116 cm³/mol. The third-order valence-corrected chi connectivity index (χ3v) is 6.49. The molecule has 3 rings (SSSR count). The molecule has 0 aliphatic heterocycles. The second-order valence-electron chi connectivity index (χ2n) is 9.97. The molecule has 0 saturated heterocycles. The molecule has 0 N–H and O–H groups in total. The molecule has 0 atom stereocenters. The van der Waals surface area contributed by atoms with Gasteiger partial charge in [-0.25, -0.2) is 4.79 Å². The number of hydrogen-bond donors (Lipinski definition) is 0. The molecule has 0 spiro atoms. The van der Waals surface area contributed by atoms with Gasteiger partial charge in [0.15, 0.2) is 0 Å². The molecule has 1 aliphatic carbocycles. The summed E-state index contributed by atoms with van der Waals surface area (Å²) in [5.41, 5.74) is 3.45. The van der Waals surface area contributed by atoms with Crippen LogP contribution in [0.3, 0.4) is 0 Å². The van der Waals surface area contributed by atoms with Crippen LogP contribution in [0.25, 0.3) is 11.0 Å². The Morgan fingerprint density at radius 3 is 2.38 bits per heavy atom. The molecule has 0 amide bonds. The zero-order valence-electron chi connectivity index (χ0n) is 18.6. The molecule has 158 valence electrons. The number of carbonyl (C=O) groups excluding carboxylic acids is 1. The summed E-state index contributed by atoms with van der Waals surface area (Å²) in [5, 5.41) is 0.850. The summed E-state index contributed by atoms with van der Waals surface area (Å²) < 4.78 is 11.1. The first kappa shape index (κ1) is 21.6. The zero-order valence-corrected chi connectivity index (χ0v) is 18.6. The lowest BCUT2D eigenvalue weighted by atomic mass is 9.70. The van der Waals surface area contributed by atoms with Gasteiger partial charge in [0, 0.05) is 17.0 Å². The molecule has 4 nitrogen and oxygen atoms in total. The van der Waals surface area contributed by atoms with Crippen molar-refractivity contribution in [3.63, 3.8) is 0 Å². The molecule has 0 bridgehead atoms. The summed E-state index contributed by atoms with van der Waals surface area (Å²) in [4.78, 5) is 24.7. The van der Waals surface area contributed by atoms with Gasteiger partial charge in [-0.15, -0.1) is 0 Å². The van der Waals surface area contributed by atoms with Crippen LogP contribution in [0.5, 0.6) is 0 Å². The average Bonchev–Trinajstić information content (AvgIpc) is 2.64. The highest BCUT2D eigenvalue weighted by Crippen LogP contribution is 2.40. The number of esters is 1. The number of rotatable bonds is 4. The van der Waals surface area contributed by atoms with Crippen molar-refractivity contribution < 1.29 is 13.9 Å². The van der Waals surface area contributed by atoms with Gasteiger partial charge in [-0.05, 0) is 73.1 Å². The zero-order chi connectivity index (χ0) is 21.3. The van der Waals surface area contributed by atoms with Crippen LogP contribution in [0.4, 0.5) is 0 Å². The standard InChI is InChI=1S/C25H34O4/c1-15(2)20-13-21-18(12-23(26)29-22(21)11-16(20)3)14-28-24(27)17-7-9-19(10-8-17)25(4,5)6/h11-13,15,17,19H,7-10,14H2,1-6H3. The van der Waals surface area contributed by atoms with Crippen LogP contribution in [0.2, 0.25) is 0 Å². The molecule has 2 aromatic rings. The van der Waals surface area contributed by atoms with Crippen molar-refractivity contribution in [2.24, 2.45) is 17.3 Å². The maximum atomic E-state index is 12.7. The van der Waals surface area contributed by atoms with Crippen LogP contribution in [0, 0.1) is 24.2 Å². The largest absolute Gasteiger partial charge is 0.461 e. The van der Waals surface area contributed by atoms with Crippen molar-refractivity contribution in [3.05, 3.63) is 45.3 Å². The van der Waals surface area contributed by atoms with Gasteiger partial charge in [0.05, 0.1) is 5.92 Å². The van der Waals surface area contributed by atoms with Gasteiger partial charge < -0.3 is 9.15 Å². The lowest BCUT2D eigenvalue weighted by molar-refractivity contribution is -0.151. The highest BCUT2D eigenvalue weighted by Gasteiger charge is 2.33. The van der Waals surface area contributed by atoms with Crippen LogP contribution in [0.1, 0.15) is 82.9 Å². The molecule has 0 radical (unpaired) electrons. The highest BCUT2D eigenvalue weighted by molar-refractivity contribution is 5.82. The van der Waals surface area contributed by atoms with E-state index in [0.29, 0.717) is 17.4 Å². The summed E-state index contributed by atoms with van der Waals surface area (Å²) in [5.74, 6) is 0.843. The molecule has 29 heavy (non-hydrogen) atoms. The lowest BCUT2D eigenvalue weighted by Crippen LogP contribution is -2.29. The van der Waals surface area contributed by atoms with E-state index >= 15 is 0 Å². The van der Waals surface area contributed by atoms with Crippen LogP contribution in [-0.4, -0.2) is 5.97 Å². The summed E-state index contributed by atoms with van der Waals surface area (Å²) in [6.07, 6.45) is 3.90. The van der Waals surface area contributed by atoms with E-state index < -0.39 is 5.63 Å². The van der Waals surface area contributed by atoms with Crippen molar-refractivity contribution in [1.29, 1.82) is 0 Å². The van der Waals surface area contributed by atoms with Gasteiger partial charge in [0.2, 0.25) is 0 Å². The summed E-state index contributed by atoms with van der Waals surface area (Å²) in [7, 11) is 0. The molecular weight excluding hydrogens is 364 g/mol. The molecule has 0 unspecified atom stereocenters. The minimum absolute atomic E-state index is 0.0338. The van der Waals surface area contributed by atoms with E-state index in [-0.39, 0.29) is 23.9 Å². The smallest absolute Gasteiger partial charge is 0.336 e. The number of hydrogen-bond acceptors (Lipinski definition) is 4. The lowest BCUT2D eigenvalue weighted by Gasteiger charge is -2.36. The Bertz CT molecular complexity index is 938. The van der Waals surface area contributed by atoms with E-state index in [4.69, 9.17) is 9.15 Å². The van der Waals surface area contributed by atoms with Gasteiger partial charge in [-0.1, -0.05) is 34.6 Å². The Morgan fingerprint density at radius 1 is 1.14 bits per heavy atom. The Morgan fingerprint density at radius 2 is 1.79 bits per heavy atom. The molecular formula is C25H34O4. The topological polar surface area (TPSA) is 56.5 Å². The molecule has 1 aromatic heterocycles. The summed E-state index contributed by atoms with van der Waals surface area (Å²) in [6.45, 7) is 13.2. The van der Waals surface area contributed by atoms with Crippen molar-refractivity contribution in [2.75, 3.05) is 0 Å². The van der Waals surface area contributed by atoms with E-state index in [2.05, 4.69) is 40.7 Å². The number of fused-ring (bicyclic) bond motifs is 1. The molecule has 4 heteroatoms. The van der Waals surface area contributed by atoms with Crippen LogP contribution >= 0.6 is 0 Å². The first-order chi connectivity index (χ1) is 13.6. The van der Waals surface area contributed by atoms with Gasteiger partial charge in [0.25, 0.3) is 0 Å². The summed E-state index contributed by atoms with van der Waals surface area (Å²) >= 11 is 0. The highest BCUT2D eigenvalue weighted by atomic mass is 16.5. The Balaban J connectivity index is 1.74. The third kappa shape index (κ3) is 4.91. The van der Waals surface area contributed by atoms with E-state index in [0.717, 1.165) is 42.2 Å². The second-order valence-corrected chi connectivity index (χ2v) is 9.97. The SMILES string of the molecule is Cc1cc2oc(=O)cc(COC(=O)C3CCC(C(C)(C)C)CC3)c2cc1C(C)C. The van der Waals surface area contributed by atoms with Crippen molar-refractivity contribution in [2.45, 2.75) is 79.8 Å². The Kier molecular flexibility index (Phi) is 6.21. The van der Waals surface area contributed by atoms with Crippen LogP contribution in [0.15, 0.2) is 27.4 Å². The van der Waals surface area contributed by atoms with E-state index in [1.807, 2.05) is 13.0 Å². The number of carbonyl (C=O) groups is 1.